The van der Waals surface area contributed by atoms with Gasteiger partial charge in [-0.05, 0) is 32.8 Å². The topological polar surface area (TPSA) is 81.0 Å². The molecule has 0 unspecified atom stereocenters. The molecule has 0 saturated carbocycles. The summed E-state index contributed by atoms with van der Waals surface area (Å²) < 4.78 is 25.9. The van der Waals surface area contributed by atoms with Crippen LogP contribution in [0.4, 0.5) is 5.82 Å². The van der Waals surface area contributed by atoms with Crippen molar-refractivity contribution in [2.75, 3.05) is 23.5 Å². The zero-order chi connectivity index (χ0) is 23.3. The molecule has 9 heteroatoms. The van der Waals surface area contributed by atoms with Crippen molar-refractivity contribution in [1.82, 2.24) is 19.7 Å². The molecule has 0 N–H and O–H groups in total. The number of sulfone groups is 1. The Morgan fingerprint density at radius 2 is 1.91 bits per heavy atom. The molecule has 3 aromatic heterocycles. The molecule has 1 aromatic carbocycles. The highest BCUT2D eigenvalue weighted by Crippen LogP contribution is 2.38. The van der Waals surface area contributed by atoms with Crippen LogP contribution in [0.3, 0.4) is 0 Å². The highest BCUT2D eigenvalue weighted by Gasteiger charge is 2.31. The summed E-state index contributed by atoms with van der Waals surface area (Å²) in [6.45, 7) is 6.59. The van der Waals surface area contributed by atoms with Crippen LogP contribution in [0, 0.1) is 20.8 Å². The summed E-state index contributed by atoms with van der Waals surface area (Å²) in [7, 11) is -0.925. The minimum atomic E-state index is -2.97. The number of nitrogens with zero attached hydrogens (tertiary/aromatic N) is 5. The van der Waals surface area contributed by atoms with Crippen molar-refractivity contribution >= 4 is 37.2 Å². The van der Waals surface area contributed by atoms with Crippen LogP contribution in [0.5, 0.6) is 0 Å². The summed E-state index contributed by atoms with van der Waals surface area (Å²) in [6.07, 6.45) is 0.626. The Kier molecular flexibility index (Phi) is 5.49. The molecule has 7 nitrogen and oxygen atoms in total. The highest BCUT2D eigenvalue weighted by molar-refractivity contribution is 7.91. The first kappa shape index (κ1) is 22.0. The second-order valence-corrected chi connectivity index (χ2v) is 11.9. The largest absolute Gasteiger partial charge is 0.355 e. The van der Waals surface area contributed by atoms with Gasteiger partial charge >= 0.3 is 0 Å². The van der Waals surface area contributed by atoms with E-state index in [1.807, 2.05) is 50.7 Å². The van der Waals surface area contributed by atoms with E-state index in [0.717, 1.165) is 49.9 Å². The van der Waals surface area contributed by atoms with Gasteiger partial charge in [-0.25, -0.2) is 18.4 Å². The molecular formula is C24H27N5O2S2. The van der Waals surface area contributed by atoms with E-state index in [1.165, 1.54) is 0 Å². The fourth-order valence-corrected chi connectivity index (χ4v) is 7.37. The van der Waals surface area contributed by atoms with Crippen LogP contribution in [0.25, 0.3) is 21.3 Å². The number of fused-ring (bicyclic) bond motifs is 1. The van der Waals surface area contributed by atoms with E-state index >= 15 is 0 Å². The zero-order valence-electron chi connectivity index (χ0n) is 19.2. The van der Waals surface area contributed by atoms with Gasteiger partial charge in [0.2, 0.25) is 0 Å². The number of hydrogen-bond donors (Lipinski definition) is 0. The van der Waals surface area contributed by atoms with Crippen LogP contribution in [0.2, 0.25) is 0 Å². The van der Waals surface area contributed by atoms with Gasteiger partial charge in [-0.1, -0.05) is 30.3 Å². The molecule has 0 bridgehead atoms. The molecule has 1 aliphatic rings. The van der Waals surface area contributed by atoms with Crippen molar-refractivity contribution in [1.29, 1.82) is 0 Å². The number of hydrogen-bond acceptors (Lipinski definition) is 7. The molecule has 1 saturated heterocycles. The molecule has 172 valence electrons. The smallest absolute Gasteiger partial charge is 0.152 e. The van der Waals surface area contributed by atoms with Crippen LogP contribution < -0.4 is 4.90 Å². The van der Waals surface area contributed by atoms with Crippen molar-refractivity contribution < 1.29 is 8.42 Å². The second kappa shape index (κ2) is 8.22. The number of benzene rings is 1. The number of anilines is 1. The van der Waals surface area contributed by atoms with Crippen LogP contribution in [0.1, 0.15) is 35.2 Å². The molecule has 0 aliphatic carbocycles. The predicted octanol–water partition coefficient (Wildman–Crippen LogP) is 4.48. The Morgan fingerprint density at radius 3 is 2.61 bits per heavy atom. The Morgan fingerprint density at radius 1 is 1.15 bits per heavy atom. The number of rotatable bonds is 5. The molecule has 1 fully saturated rings. The van der Waals surface area contributed by atoms with Gasteiger partial charge < -0.3 is 4.90 Å². The van der Waals surface area contributed by atoms with Gasteiger partial charge in [0.05, 0.1) is 28.6 Å². The Bertz CT molecular complexity index is 1440. The van der Waals surface area contributed by atoms with Crippen molar-refractivity contribution in [3.05, 3.63) is 58.5 Å². The maximum absolute atomic E-state index is 12.0. The molecule has 0 radical (unpaired) electrons. The van der Waals surface area contributed by atoms with Gasteiger partial charge in [0.25, 0.3) is 0 Å². The van der Waals surface area contributed by atoms with Crippen molar-refractivity contribution in [2.24, 2.45) is 0 Å². The van der Waals surface area contributed by atoms with Crippen molar-refractivity contribution in [3.63, 3.8) is 0 Å². The second-order valence-electron chi connectivity index (χ2n) is 8.80. The van der Waals surface area contributed by atoms with E-state index in [4.69, 9.17) is 10.1 Å². The average molecular weight is 482 g/mol. The first-order chi connectivity index (χ1) is 15.7. The molecule has 1 aliphatic heterocycles. The van der Waals surface area contributed by atoms with Gasteiger partial charge in [-0.3, -0.25) is 4.68 Å². The van der Waals surface area contributed by atoms with Gasteiger partial charge in [0.15, 0.2) is 9.84 Å². The molecule has 0 spiro atoms. The van der Waals surface area contributed by atoms with E-state index in [0.29, 0.717) is 13.0 Å². The molecule has 0 amide bonds. The normalized spacial score (nSPS) is 17.6. The lowest BCUT2D eigenvalue weighted by Crippen LogP contribution is -2.20. The quantitative estimate of drug-likeness (QED) is 0.418. The predicted molar refractivity (Wildman–Crippen MR) is 134 cm³/mol. The fraction of sp³-hybridized carbons (Fsp3) is 0.375. The zero-order valence-corrected chi connectivity index (χ0v) is 20.9. The van der Waals surface area contributed by atoms with Gasteiger partial charge in [-0.15, -0.1) is 11.3 Å². The van der Waals surface area contributed by atoms with E-state index in [1.54, 1.807) is 11.3 Å². The summed E-state index contributed by atoms with van der Waals surface area (Å²) >= 11 is 1.64. The number of aromatic nitrogens is 4. The molecule has 4 aromatic rings. The summed E-state index contributed by atoms with van der Waals surface area (Å²) in [5, 5.41) is 7.95. The molecule has 4 heterocycles. The molecule has 1 atom stereocenters. The average Bonchev–Trinajstić information content (AvgIpc) is 3.44. The Hall–Kier alpha value is -2.78. The lowest BCUT2D eigenvalue weighted by atomic mass is 10.1. The van der Waals surface area contributed by atoms with Crippen molar-refractivity contribution in [2.45, 2.75) is 39.8 Å². The van der Waals surface area contributed by atoms with E-state index in [9.17, 15) is 8.42 Å². The first-order valence-corrected chi connectivity index (χ1v) is 13.7. The lowest BCUT2D eigenvalue weighted by molar-refractivity contribution is 0.485. The number of thiophene rings is 1. The van der Waals surface area contributed by atoms with Gasteiger partial charge in [0.1, 0.15) is 16.5 Å². The Balaban J connectivity index is 1.53. The highest BCUT2D eigenvalue weighted by atomic mass is 32.2. The van der Waals surface area contributed by atoms with E-state index < -0.39 is 9.84 Å². The maximum Gasteiger partial charge on any atom is 0.152 e. The summed E-state index contributed by atoms with van der Waals surface area (Å²) in [5.74, 6) is 2.05. The van der Waals surface area contributed by atoms with Crippen LogP contribution in [-0.4, -0.2) is 46.7 Å². The van der Waals surface area contributed by atoms with E-state index in [2.05, 4.69) is 27.4 Å². The van der Waals surface area contributed by atoms with Crippen LogP contribution >= 0.6 is 11.3 Å². The summed E-state index contributed by atoms with van der Waals surface area (Å²) in [4.78, 5) is 12.6. The molecule has 33 heavy (non-hydrogen) atoms. The summed E-state index contributed by atoms with van der Waals surface area (Å²) in [5.41, 5.74) is 5.35. The molecule has 5 rings (SSSR count). The van der Waals surface area contributed by atoms with Crippen molar-refractivity contribution in [3.8, 4) is 11.1 Å². The Labute approximate surface area is 198 Å². The summed E-state index contributed by atoms with van der Waals surface area (Å²) in [6, 6.07) is 10.2. The monoisotopic (exact) mass is 481 g/mol. The maximum atomic E-state index is 12.0. The minimum Gasteiger partial charge on any atom is -0.355 e. The van der Waals surface area contributed by atoms with Crippen LogP contribution in [-0.2, 0) is 16.4 Å². The standard InChI is InChI=1S/C24H27N5O2S2/c1-15-20(16(2)29(27-15)19-10-11-33(30,31)14-19)12-28(4)23-22-21(18-8-6-5-7-9-18)13-32-24(22)26-17(3)25-23/h5-9,13,19H,10-12,14H2,1-4H3/t19-/m0/s1. The van der Waals surface area contributed by atoms with Gasteiger partial charge in [-0.2, -0.15) is 5.10 Å². The third-order valence-corrected chi connectivity index (χ3v) is 9.02. The fourth-order valence-electron chi connectivity index (χ4n) is 4.70. The molecular weight excluding hydrogens is 454 g/mol. The lowest BCUT2D eigenvalue weighted by Gasteiger charge is -2.21. The third-order valence-electron chi connectivity index (χ3n) is 6.40. The van der Waals surface area contributed by atoms with E-state index in [-0.39, 0.29) is 17.5 Å². The first-order valence-electron chi connectivity index (χ1n) is 11.0. The SMILES string of the molecule is Cc1nc(N(C)Cc2c(C)nn([C@H]3CCS(=O)(=O)C3)c2C)c2c(-c3ccccc3)csc2n1. The van der Waals surface area contributed by atoms with Gasteiger partial charge in [0, 0.05) is 35.8 Å². The van der Waals surface area contributed by atoms with Crippen LogP contribution in [0.15, 0.2) is 35.7 Å². The number of aryl methyl sites for hydroxylation is 2. The minimum absolute atomic E-state index is 0.0812. The third kappa shape index (κ3) is 4.04.